The van der Waals surface area contributed by atoms with E-state index in [1.807, 2.05) is 6.26 Å². The Morgan fingerprint density at radius 1 is 0.312 bits per heavy atom. The first kappa shape index (κ1) is 77.4. The van der Waals surface area contributed by atoms with Crippen LogP contribution < -0.4 is 17.2 Å². The summed E-state index contributed by atoms with van der Waals surface area (Å²) >= 11 is 3.87. The van der Waals surface area contributed by atoms with Gasteiger partial charge >= 0.3 is 0 Å². The molecular weight excluding hydrogens is 1320 g/mol. The highest BCUT2D eigenvalue weighted by Crippen LogP contribution is 2.40. The molecule has 14 unspecified atom stereocenters. The molecule has 21 fully saturated rings. The predicted molar refractivity (Wildman–Crippen MR) is 314 cm³/mol. The summed E-state index contributed by atoms with van der Waals surface area (Å²) < 4.78 is 82.9. The number of thioether (sulfide) groups is 3. The van der Waals surface area contributed by atoms with E-state index in [4.69, 9.17) is 83.5 Å². The summed E-state index contributed by atoms with van der Waals surface area (Å²) in [6.45, 7) is -4.41. The summed E-state index contributed by atoms with van der Waals surface area (Å²) in [6, 6.07) is 0. The standard InChI is InChI=1S/C52H91N5O33S3/c1-91-6-3-56-23(54)8-24(55)57-4-7-93-15-22-45-31(69)38(76)52(83-22)88-43-20(13-62)79-48(34(72)27(43)65)86-40-17(10-59)80-49(35(73)28(40)66)89-44-21(14-92-5-2-53)82-51(37(75)30(44)68)87-42-19(12-61)78-47(33(71)26(42)64)84-39-16(9-58)77-46(32(70)25(39)63)85-41-18(11-60)81-50(90-45)36(74)29(41)67/h16-22,25-52,58-76H,2-15,53H2,1H3,(H2,54,56)(H2,55,57)/t16?,17?,18?,19?,20?,21?,22?,25-,26-,27-,28-,29-,30-,31-,32?,33?,34?,35?,36?,37?,38?,39-,40-,41-,42-,43-,44-,45-,46-,47-,48+,49+,50-,51+,52-/m1/s1. The molecule has 41 heteroatoms. The molecule has 25 N–H and O–H groups in total. The number of amidine groups is 2. The fourth-order valence-electron chi connectivity index (χ4n) is 11.7. The van der Waals surface area contributed by atoms with E-state index in [1.54, 1.807) is 11.8 Å². The first-order valence-electron chi connectivity index (χ1n) is 30.1. The monoisotopic (exact) mass is 1410 g/mol. The van der Waals surface area contributed by atoms with Crippen molar-refractivity contribution in [3.63, 3.8) is 0 Å². The van der Waals surface area contributed by atoms with Crippen LogP contribution in [0.1, 0.15) is 6.42 Å². The number of aliphatic hydroxyl groups excluding tert-OH is 19. The van der Waals surface area contributed by atoms with Crippen LogP contribution in [0.15, 0.2) is 9.98 Å². The molecular formula is C52H91N5O33S3. The van der Waals surface area contributed by atoms with Gasteiger partial charge in [-0.1, -0.05) is 0 Å². The lowest BCUT2D eigenvalue weighted by Crippen LogP contribution is -2.68. The van der Waals surface area contributed by atoms with Crippen molar-refractivity contribution in [1.29, 1.82) is 0 Å². The van der Waals surface area contributed by atoms with Gasteiger partial charge < -0.3 is 181 Å². The van der Waals surface area contributed by atoms with Crippen molar-refractivity contribution >= 4 is 47.0 Å². The molecule has 0 aromatic heterocycles. The first-order valence-corrected chi connectivity index (χ1v) is 33.8. The number of rotatable bonds is 19. The van der Waals surface area contributed by atoms with Crippen LogP contribution in [0.2, 0.25) is 0 Å². The molecule has 0 radical (unpaired) electrons. The summed E-state index contributed by atoms with van der Waals surface area (Å²) in [5.74, 6) is 1.38. The Morgan fingerprint density at radius 2 is 0.527 bits per heavy atom. The minimum Gasteiger partial charge on any atom is -0.394 e. The lowest BCUT2D eigenvalue weighted by molar-refractivity contribution is -0.395. The fourth-order valence-corrected chi connectivity index (χ4v) is 13.7. The van der Waals surface area contributed by atoms with Gasteiger partial charge in [-0.05, 0) is 6.26 Å². The lowest BCUT2D eigenvalue weighted by atomic mass is 9.95. The number of nitrogens with zero attached hydrogens (tertiary/aromatic N) is 2. The van der Waals surface area contributed by atoms with Crippen molar-refractivity contribution in [2.45, 2.75) is 221 Å². The van der Waals surface area contributed by atoms with Crippen LogP contribution in [0.5, 0.6) is 0 Å². The van der Waals surface area contributed by atoms with Gasteiger partial charge in [0.15, 0.2) is 44.0 Å². The molecule has 14 bridgehead atoms. The molecule has 0 saturated carbocycles. The van der Waals surface area contributed by atoms with Gasteiger partial charge in [0.25, 0.3) is 0 Å². The summed E-state index contributed by atoms with van der Waals surface area (Å²) in [5, 5.41) is 216. The second-order valence-corrected chi connectivity index (χ2v) is 26.4. The Kier molecular flexibility index (Phi) is 29.8. The summed E-state index contributed by atoms with van der Waals surface area (Å²) in [6.07, 6.45) is -66.3. The van der Waals surface area contributed by atoms with Crippen molar-refractivity contribution in [2.75, 3.05) is 87.7 Å². The van der Waals surface area contributed by atoms with E-state index in [0.717, 1.165) is 29.3 Å². The van der Waals surface area contributed by atoms with Gasteiger partial charge in [-0.15, -0.1) is 0 Å². The molecule has 38 nitrogen and oxygen atoms in total. The van der Waals surface area contributed by atoms with Crippen molar-refractivity contribution in [3.8, 4) is 0 Å². The quantitative estimate of drug-likeness (QED) is 0.0324. The molecule has 0 aliphatic carbocycles. The predicted octanol–water partition coefficient (Wildman–Crippen LogP) is -13.3. The number of nitrogens with two attached hydrogens (primary N) is 3. The Balaban J connectivity index is 1.09. The van der Waals surface area contributed by atoms with E-state index in [-0.39, 0.29) is 48.4 Å². The van der Waals surface area contributed by atoms with Gasteiger partial charge in [-0.25, -0.2) is 0 Å². The zero-order valence-corrected chi connectivity index (χ0v) is 52.6. The molecule has 0 spiro atoms. The number of aliphatic imine (C=N–C) groups is 2. The molecule has 21 heterocycles. The van der Waals surface area contributed by atoms with Gasteiger partial charge in [0, 0.05) is 48.4 Å². The molecule has 21 aliphatic heterocycles. The smallest absolute Gasteiger partial charge is 0.187 e. The molecule has 0 aromatic carbocycles. The normalized spacial score (nSPS) is 48.3. The first-order chi connectivity index (χ1) is 44.4. The topological polar surface area (TPSA) is 616 Å². The van der Waals surface area contributed by atoms with E-state index in [0.29, 0.717) is 12.3 Å². The third kappa shape index (κ3) is 18.0. The van der Waals surface area contributed by atoms with Crippen LogP contribution in [0.25, 0.3) is 0 Å². The third-order valence-corrected chi connectivity index (χ3v) is 19.5. The lowest BCUT2D eigenvalue weighted by Gasteiger charge is -2.50. The SMILES string of the molecule is CSCCN=C(N)CC(N)=NCCSCC1O[C@@H]2O[C@@H]3C(CO)O[C@@H](O[C@@H]4C(CO)O[C@@H](O[C@@H]5C(CSCCN)O[C@@H](O[C@@H]6C(CO)O[C@H](O[C@@H]7C(CO)O[C@H](O[C@@H]8C(CO)O[C@H](O[C@H]1[C@H](O)C2O)C(O)[C@H]8O)C(O)[C@H]7O)C(O)[C@H]6O)C(O)[C@H]5O)C(O)[C@H]4O)C(O)[C@H]3O. The average Bonchev–Trinajstić information content (AvgIpc) is 0.823. The summed E-state index contributed by atoms with van der Waals surface area (Å²) in [4.78, 5) is 8.57. The van der Waals surface area contributed by atoms with Gasteiger partial charge in [0.05, 0.1) is 51.7 Å². The minimum atomic E-state index is -2.20. The second kappa shape index (κ2) is 35.8. The van der Waals surface area contributed by atoms with Crippen molar-refractivity contribution < 1.29 is 163 Å². The Morgan fingerprint density at radius 3 is 0.753 bits per heavy atom. The average molecular weight is 1410 g/mol. The summed E-state index contributed by atoms with van der Waals surface area (Å²) in [7, 11) is 0. The van der Waals surface area contributed by atoms with Crippen LogP contribution in [-0.2, 0) is 66.3 Å². The maximum Gasteiger partial charge on any atom is 0.187 e. The fraction of sp³-hybridized carbons (Fsp3) is 0.962. The van der Waals surface area contributed by atoms with Crippen LogP contribution in [0, 0.1) is 0 Å². The van der Waals surface area contributed by atoms with E-state index >= 15 is 0 Å². The van der Waals surface area contributed by atoms with Gasteiger partial charge in [-0.3, -0.25) is 9.98 Å². The van der Waals surface area contributed by atoms with Crippen LogP contribution >= 0.6 is 35.3 Å². The molecule has 0 amide bonds. The number of hydrogen-bond acceptors (Lipinski definition) is 39. The zero-order chi connectivity index (χ0) is 67.7. The highest BCUT2D eigenvalue weighted by Gasteiger charge is 2.59. The van der Waals surface area contributed by atoms with E-state index in [1.165, 1.54) is 0 Å². The molecule has 540 valence electrons. The van der Waals surface area contributed by atoms with Crippen LogP contribution in [0.3, 0.4) is 0 Å². The maximum atomic E-state index is 11.9. The third-order valence-electron chi connectivity index (χ3n) is 16.8. The number of ether oxygens (including phenoxy) is 14. The van der Waals surface area contributed by atoms with E-state index < -0.39 is 248 Å². The molecule has 21 rings (SSSR count). The van der Waals surface area contributed by atoms with Gasteiger partial charge in [0.2, 0.25) is 0 Å². The van der Waals surface area contributed by atoms with E-state index in [9.17, 15) is 97.0 Å². The molecule has 21 aliphatic rings. The minimum absolute atomic E-state index is 0.0763. The van der Waals surface area contributed by atoms with Crippen LogP contribution in [-0.4, -0.2) is 411 Å². The Hall–Kier alpha value is -1.37. The van der Waals surface area contributed by atoms with Crippen LogP contribution in [0.4, 0.5) is 0 Å². The van der Waals surface area contributed by atoms with Crippen molar-refractivity contribution in [3.05, 3.63) is 0 Å². The number of hydrogen-bond donors (Lipinski definition) is 22. The van der Waals surface area contributed by atoms with Crippen molar-refractivity contribution in [1.82, 2.24) is 0 Å². The maximum absolute atomic E-state index is 11.9. The Labute approximate surface area is 544 Å². The van der Waals surface area contributed by atoms with E-state index in [2.05, 4.69) is 9.98 Å². The van der Waals surface area contributed by atoms with Gasteiger partial charge in [0.1, 0.15) is 170 Å². The highest BCUT2D eigenvalue weighted by atomic mass is 32.2. The zero-order valence-electron chi connectivity index (χ0n) is 50.2. The Bertz CT molecular complexity index is 2310. The highest BCUT2D eigenvalue weighted by molar-refractivity contribution is 7.99. The largest absolute Gasteiger partial charge is 0.394 e. The molecule has 0 aromatic rings. The molecule has 35 atom stereocenters. The van der Waals surface area contributed by atoms with Crippen molar-refractivity contribution in [2.24, 2.45) is 27.2 Å². The molecule has 93 heavy (non-hydrogen) atoms. The van der Waals surface area contributed by atoms with Gasteiger partial charge in [-0.2, -0.15) is 35.3 Å². The second-order valence-electron chi connectivity index (χ2n) is 23.1. The molecule has 21 saturated heterocycles. The summed E-state index contributed by atoms with van der Waals surface area (Å²) in [5.41, 5.74) is 17.8. The number of aliphatic hydroxyl groups is 19.